The van der Waals surface area contributed by atoms with E-state index in [1.54, 1.807) is 7.05 Å². The van der Waals surface area contributed by atoms with Crippen LogP contribution < -0.4 is 10.1 Å². The molecule has 1 aliphatic rings. The molecule has 0 heterocycles. The van der Waals surface area contributed by atoms with Crippen molar-refractivity contribution in [2.75, 3.05) is 14.2 Å². The maximum atomic E-state index is 12.5. The number of nitrogens with one attached hydrogen (secondary N) is 1. The average molecular weight is 436 g/mol. The normalized spacial score (nSPS) is 18.2. The Hall–Kier alpha value is -3.34. The Kier molecular flexibility index (Phi) is 8.82. The number of esters is 1. The van der Waals surface area contributed by atoms with E-state index in [0.29, 0.717) is 17.9 Å². The van der Waals surface area contributed by atoms with E-state index in [-0.39, 0.29) is 5.91 Å². The topological polar surface area (TPSA) is 64.6 Å². The van der Waals surface area contributed by atoms with Crippen molar-refractivity contribution in [2.24, 2.45) is 5.92 Å². The Morgan fingerprint density at radius 3 is 2.19 bits per heavy atom. The molecule has 1 aliphatic carbocycles. The van der Waals surface area contributed by atoms with E-state index in [1.165, 1.54) is 7.11 Å². The maximum absolute atomic E-state index is 12.5. The molecule has 0 radical (unpaired) electrons. The number of rotatable bonds is 5. The molecule has 2 unspecified atom stereocenters. The van der Waals surface area contributed by atoms with E-state index in [0.717, 1.165) is 16.3 Å². The lowest BCUT2D eigenvalue weighted by Gasteiger charge is -2.16. The maximum Gasteiger partial charge on any atom is 0.317 e. The third kappa shape index (κ3) is 4.93. The summed E-state index contributed by atoms with van der Waals surface area (Å²) in [5, 5.41) is 4.85. The molecule has 5 nitrogen and oxygen atoms in total. The minimum atomic E-state index is -0.947. The molecular formula is C27H33NO4. The van der Waals surface area contributed by atoms with Crippen molar-refractivity contribution in [1.82, 2.24) is 5.32 Å². The van der Waals surface area contributed by atoms with Crippen molar-refractivity contribution in [3.8, 4) is 11.5 Å². The Morgan fingerprint density at radius 2 is 1.53 bits per heavy atom. The largest absolute Gasteiger partial charge is 0.468 e. The van der Waals surface area contributed by atoms with Gasteiger partial charge in [0.1, 0.15) is 16.9 Å². The zero-order valence-corrected chi connectivity index (χ0v) is 19.8. The highest BCUT2D eigenvalue weighted by atomic mass is 16.5. The van der Waals surface area contributed by atoms with Gasteiger partial charge in [0.2, 0.25) is 5.91 Å². The molecule has 1 N–H and O–H groups in total. The highest BCUT2D eigenvalue weighted by molar-refractivity contribution is 5.98. The van der Waals surface area contributed by atoms with Gasteiger partial charge in [-0.25, -0.2) is 0 Å². The molecular weight excluding hydrogens is 402 g/mol. The summed E-state index contributed by atoms with van der Waals surface area (Å²) in [4.78, 5) is 24.6. The molecule has 1 fully saturated rings. The van der Waals surface area contributed by atoms with Gasteiger partial charge in [0.15, 0.2) is 0 Å². The fourth-order valence-corrected chi connectivity index (χ4v) is 3.80. The summed E-state index contributed by atoms with van der Waals surface area (Å²) in [6, 6.07) is 21.3. The lowest BCUT2D eigenvalue weighted by molar-refractivity contribution is -0.145. The van der Waals surface area contributed by atoms with Gasteiger partial charge < -0.3 is 14.8 Å². The second-order valence-electron chi connectivity index (χ2n) is 6.97. The number of carbonyl (C=O) groups is 2. The summed E-state index contributed by atoms with van der Waals surface area (Å²) in [6.45, 7) is 8.00. The average Bonchev–Trinajstić information content (AvgIpc) is 3.63. The van der Waals surface area contributed by atoms with Crippen LogP contribution in [-0.2, 0) is 19.7 Å². The summed E-state index contributed by atoms with van der Waals surface area (Å²) in [6.07, 6.45) is 0.429. The Labute approximate surface area is 190 Å². The van der Waals surface area contributed by atoms with Crippen LogP contribution in [0.15, 0.2) is 66.7 Å². The molecule has 0 bridgehead atoms. The van der Waals surface area contributed by atoms with Gasteiger partial charge in [-0.1, -0.05) is 70.2 Å². The lowest BCUT2D eigenvalue weighted by atomic mass is 9.92. The standard InChI is InChI=1S/C23H21NO4.2C2H6/c1-24-21(25)20-14-23(20,22(26)27-2)17-8-5-9-18(13-17)28-19-11-10-15-6-3-4-7-16(15)12-19;2*1-2/h3-13,20H,14H2,1-2H3,(H,24,25);2*1-2H3. The smallest absolute Gasteiger partial charge is 0.317 e. The summed E-state index contributed by atoms with van der Waals surface area (Å²) in [5.41, 5.74) is -0.219. The molecule has 32 heavy (non-hydrogen) atoms. The van der Waals surface area contributed by atoms with Crippen LogP contribution in [0.5, 0.6) is 11.5 Å². The first-order valence-corrected chi connectivity index (χ1v) is 11.2. The van der Waals surface area contributed by atoms with Gasteiger partial charge in [0, 0.05) is 7.05 Å². The van der Waals surface area contributed by atoms with Gasteiger partial charge in [0.05, 0.1) is 13.0 Å². The highest BCUT2D eigenvalue weighted by Crippen LogP contribution is 2.55. The van der Waals surface area contributed by atoms with E-state index in [1.807, 2.05) is 94.4 Å². The van der Waals surface area contributed by atoms with Crippen molar-refractivity contribution >= 4 is 22.6 Å². The van der Waals surface area contributed by atoms with Crippen LogP contribution in [0.3, 0.4) is 0 Å². The van der Waals surface area contributed by atoms with Gasteiger partial charge in [-0.05, 0) is 47.0 Å². The third-order valence-corrected chi connectivity index (χ3v) is 5.38. The number of methoxy groups -OCH3 is 1. The number of hydrogen-bond acceptors (Lipinski definition) is 4. The first-order valence-electron chi connectivity index (χ1n) is 11.2. The predicted octanol–water partition coefficient (Wildman–Crippen LogP) is 5.86. The number of carbonyl (C=O) groups excluding carboxylic acids is 2. The molecule has 0 saturated heterocycles. The Morgan fingerprint density at radius 1 is 0.875 bits per heavy atom. The molecule has 0 aliphatic heterocycles. The highest BCUT2D eigenvalue weighted by Gasteiger charge is 2.65. The summed E-state index contributed by atoms with van der Waals surface area (Å²) >= 11 is 0. The van der Waals surface area contributed by atoms with E-state index in [9.17, 15) is 9.59 Å². The quantitative estimate of drug-likeness (QED) is 0.510. The van der Waals surface area contributed by atoms with Crippen LogP contribution in [0.2, 0.25) is 0 Å². The first-order chi connectivity index (χ1) is 15.6. The zero-order chi connectivity index (χ0) is 23.7. The molecule has 0 spiro atoms. The molecule has 2 atom stereocenters. The van der Waals surface area contributed by atoms with Crippen molar-refractivity contribution in [2.45, 2.75) is 39.5 Å². The van der Waals surface area contributed by atoms with Crippen LogP contribution in [0, 0.1) is 5.92 Å². The van der Waals surface area contributed by atoms with Crippen LogP contribution in [0.25, 0.3) is 10.8 Å². The van der Waals surface area contributed by atoms with Gasteiger partial charge in [-0.2, -0.15) is 0 Å². The molecule has 1 saturated carbocycles. The second-order valence-corrected chi connectivity index (χ2v) is 6.97. The Balaban J connectivity index is 0.000000860. The Bertz CT molecular complexity index is 1060. The first kappa shape index (κ1) is 24.9. The minimum Gasteiger partial charge on any atom is -0.468 e. The van der Waals surface area contributed by atoms with Crippen molar-refractivity contribution in [3.05, 3.63) is 72.3 Å². The fourth-order valence-electron chi connectivity index (χ4n) is 3.80. The number of ether oxygens (including phenoxy) is 2. The third-order valence-electron chi connectivity index (χ3n) is 5.38. The fraction of sp³-hybridized carbons (Fsp3) is 0.333. The molecule has 170 valence electrons. The van der Waals surface area contributed by atoms with E-state index < -0.39 is 17.3 Å². The zero-order valence-electron chi connectivity index (χ0n) is 19.8. The molecule has 5 heteroatoms. The van der Waals surface area contributed by atoms with Gasteiger partial charge >= 0.3 is 5.97 Å². The van der Waals surface area contributed by atoms with Crippen molar-refractivity contribution in [1.29, 1.82) is 0 Å². The van der Waals surface area contributed by atoms with Gasteiger partial charge in [-0.3, -0.25) is 9.59 Å². The van der Waals surface area contributed by atoms with E-state index in [4.69, 9.17) is 9.47 Å². The number of fused-ring (bicyclic) bond motifs is 1. The van der Waals surface area contributed by atoms with Crippen molar-refractivity contribution in [3.63, 3.8) is 0 Å². The van der Waals surface area contributed by atoms with Crippen LogP contribution in [0.4, 0.5) is 0 Å². The van der Waals surface area contributed by atoms with Crippen LogP contribution >= 0.6 is 0 Å². The molecule has 0 aromatic heterocycles. The predicted molar refractivity (Wildman–Crippen MR) is 129 cm³/mol. The number of benzene rings is 3. The van der Waals surface area contributed by atoms with Crippen molar-refractivity contribution < 1.29 is 19.1 Å². The monoisotopic (exact) mass is 435 g/mol. The lowest BCUT2D eigenvalue weighted by Crippen LogP contribution is -2.31. The van der Waals surface area contributed by atoms with Crippen LogP contribution in [-0.4, -0.2) is 26.0 Å². The summed E-state index contributed by atoms with van der Waals surface area (Å²) in [7, 11) is 2.92. The van der Waals surface area contributed by atoms with Gasteiger partial charge in [-0.15, -0.1) is 0 Å². The second kappa shape index (κ2) is 11.3. The SMILES string of the molecule is CC.CC.CNC(=O)C1CC1(C(=O)OC)c1cccc(Oc2ccc3ccccc3c2)c1. The number of hydrogen-bond donors (Lipinski definition) is 1. The minimum absolute atomic E-state index is 0.161. The summed E-state index contributed by atoms with van der Waals surface area (Å²) in [5.74, 6) is 0.330. The molecule has 3 aromatic rings. The van der Waals surface area contributed by atoms with Crippen LogP contribution in [0.1, 0.15) is 39.7 Å². The number of amides is 1. The summed E-state index contributed by atoms with van der Waals surface area (Å²) < 4.78 is 11.0. The molecule has 1 amide bonds. The van der Waals surface area contributed by atoms with E-state index >= 15 is 0 Å². The molecule has 4 rings (SSSR count). The van der Waals surface area contributed by atoms with E-state index in [2.05, 4.69) is 5.32 Å². The van der Waals surface area contributed by atoms with Gasteiger partial charge in [0.25, 0.3) is 0 Å². The molecule has 3 aromatic carbocycles.